The Labute approximate surface area is 102 Å². The van der Waals surface area contributed by atoms with Crippen molar-refractivity contribution in [1.29, 1.82) is 0 Å². The summed E-state index contributed by atoms with van der Waals surface area (Å²) in [6.45, 7) is 0. The minimum absolute atomic E-state index is 0.0482. The maximum Gasteiger partial charge on any atom is 0.255 e. The molecule has 0 bridgehead atoms. The number of carbonyl (C=O) groups excluding carboxylic acids is 1. The monoisotopic (exact) mass is 234 g/mol. The number of pyridine rings is 1. The first-order valence-electron chi connectivity index (χ1n) is 5.99. The Kier molecular flexibility index (Phi) is 3.61. The van der Waals surface area contributed by atoms with Crippen LogP contribution in [-0.2, 0) is 0 Å². The molecule has 0 N–H and O–H groups in total. The average molecular weight is 234 g/mol. The number of ether oxygens (including phenoxy) is 1. The van der Waals surface area contributed by atoms with E-state index in [9.17, 15) is 4.79 Å². The molecule has 17 heavy (non-hydrogen) atoms. The van der Waals surface area contributed by atoms with Crippen LogP contribution in [0.2, 0.25) is 0 Å². The summed E-state index contributed by atoms with van der Waals surface area (Å²) in [5.74, 6) is 0.581. The van der Waals surface area contributed by atoms with Crippen LogP contribution in [0, 0.1) is 0 Å². The molecule has 1 aliphatic rings. The summed E-state index contributed by atoms with van der Waals surface area (Å²) in [5.41, 5.74) is 0.625. The second-order valence-electron chi connectivity index (χ2n) is 4.44. The quantitative estimate of drug-likeness (QED) is 0.804. The molecule has 1 heterocycles. The van der Waals surface area contributed by atoms with Gasteiger partial charge in [0, 0.05) is 25.4 Å². The molecule has 0 aromatic carbocycles. The molecule has 0 spiro atoms. The first-order chi connectivity index (χ1) is 8.22. The molecule has 0 unspecified atom stereocenters. The summed E-state index contributed by atoms with van der Waals surface area (Å²) >= 11 is 0. The van der Waals surface area contributed by atoms with Gasteiger partial charge in [-0.1, -0.05) is 12.8 Å². The molecule has 1 amide bonds. The highest BCUT2D eigenvalue weighted by Crippen LogP contribution is 2.23. The molecule has 0 aliphatic heterocycles. The maximum atomic E-state index is 12.2. The largest absolute Gasteiger partial charge is 0.481 e. The fourth-order valence-electron chi connectivity index (χ4n) is 2.29. The van der Waals surface area contributed by atoms with Gasteiger partial charge >= 0.3 is 0 Å². The SMILES string of the molecule is COc1ccc(C(=O)N(C)C2CCCC2)cn1. The third-order valence-corrected chi connectivity index (χ3v) is 3.39. The van der Waals surface area contributed by atoms with Gasteiger partial charge < -0.3 is 9.64 Å². The van der Waals surface area contributed by atoms with Crippen molar-refractivity contribution in [3.63, 3.8) is 0 Å². The minimum atomic E-state index is 0.0482. The van der Waals surface area contributed by atoms with Crippen molar-refractivity contribution in [2.75, 3.05) is 14.2 Å². The first kappa shape index (κ1) is 11.9. The van der Waals surface area contributed by atoms with Gasteiger partial charge in [0.15, 0.2) is 0 Å². The Morgan fingerprint density at radius 2 is 2.12 bits per heavy atom. The summed E-state index contributed by atoms with van der Waals surface area (Å²) in [6, 6.07) is 3.87. The lowest BCUT2D eigenvalue weighted by Gasteiger charge is -2.24. The number of rotatable bonds is 3. The van der Waals surface area contributed by atoms with Crippen LogP contribution in [0.25, 0.3) is 0 Å². The summed E-state index contributed by atoms with van der Waals surface area (Å²) < 4.78 is 4.97. The van der Waals surface area contributed by atoms with Gasteiger partial charge in [-0.15, -0.1) is 0 Å². The van der Waals surface area contributed by atoms with Crippen molar-refractivity contribution in [3.8, 4) is 5.88 Å². The van der Waals surface area contributed by atoms with Crippen molar-refractivity contribution >= 4 is 5.91 Å². The molecule has 4 heteroatoms. The number of hydrogen-bond acceptors (Lipinski definition) is 3. The Bertz CT molecular complexity index is 383. The van der Waals surface area contributed by atoms with Gasteiger partial charge in [-0.3, -0.25) is 4.79 Å². The van der Waals surface area contributed by atoms with E-state index in [2.05, 4.69) is 4.98 Å². The molecule has 0 atom stereocenters. The fraction of sp³-hybridized carbons (Fsp3) is 0.538. The van der Waals surface area contributed by atoms with Crippen molar-refractivity contribution in [3.05, 3.63) is 23.9 Å². The minimum Gasteiger partial charge on any atom is -0.481 e. The summed E-state index contributed by atoms with van der Waals surface area (Å²) in [4.78, 5) is 18.1. The number of amides is 1. The van der Waals surface area contributed by atoms with E-state index in [0.29, 0.717) is 17.5 Å². The molecule has 4 nitrogen and oxygen atoms in total. The molecule has 1 fully saturated rings. The summed E-state index contributed by atoms with van der Waals surface area (Å²) in [6.07, 6.45) is 6.26. The molecular weight excluding hydrogens is 216 g/mol. The predicted octanol–water partition coefficient (Wildman–Crippen LogP) is 2.10. The highest BCUT2D eigenvalue weighted by Gasteiger charge is 2.24. The molecule has 0 radical (unpaired) electrons. The van der Waals surface area contributed by atoms with Crippen molar-refractivity contribution < 1.29 is 9.53 Å². The lowest BCUT2D eigenvalue weighted by Crippen LogP contribution is -2.35. The van der Waals surface area contributed by atoms with Gasteiger partial charge in [0.25, 0.3) is 5.91 Å². The Morgan fingerprint density at radius 3 is 2.65 bits per heavy atom. The van der Waals surface area contributed by atoms with Gasteiger partial charge in [-0.2, -0.15) is 0 Å². The van der Waals surface area contributed by atoms with Crippen LogP contribution in [0.3, 0.4) is 0 Å². The van der Waals surface area contributed by atoms with Gasteiger partial charge in [0.2, 0.25) is 5.88 Å². The lowest BCUT2D eigenvalue weighted by atomic mass is 10.2. The van der Waals surface area contributed by atoms with Crippen molar-refractivity contribution in [1.82, 2.24) is 9.88 Å². The number of aromatic nitrogens is 1. The van der Waals surface area contributed by atoms with Gasteiger partial charge in [-0.25, -0.2) is 4.98 Å². The van der Waals surface area contributed by atoms with Crippen LogP contribution >= 0.6 is 0 Å². The molecule has 1 aromatic heterocycles. The molecule has 1 aliphatic carbocycles. The van der Waals surface area contributed by atoms with E-state index in [4.69, 9.17) is 4.74 Å². The van der Waals surface area contributed by atoms with Crippen LogP contribution in [0.15, 0.2) is 18.3 Å². The van der Waals surface area contributed by atoms with E-state index < -0.39 is 0 Å². The van der Waals surface area contributed by atoms with E-state index >= 15 is 0 Å². The third-order valence-electron chi connectivity index (χ3n) is 3.39. The van der Waals surface area contributed by atoms with E-state index in [1.54, 1.807) is 25.4 Å². The smallest absolute Gasteiger partial charge is 0.255 e. The number of hydrogen-bond donors (Lipinski definition) is 0. The highest BCUT2D eigenvalue weighted by atomic mass is 16.5. The van der Waals surface area contributed by atoms with Gasteiger partial charge in [0.1, 0.15) is 0 Å². The summed E-state index contributed by atoms with van der Waals surface area (Å²) in [7, 11) is 3.44. The molecule has 0 saturated heterocycles. The first-order valence-corrected chi connectivity index (χ1v) is 5.99. The standard InChI is InChI=1S/C13H18N2O2/c1-15(11-5-3-4-6-11)13(16)10-7-8-12(17-2)14-9-10/h7-9,11H,3-6H2,1-2H3. The zero-order chi connectivity index (χ0) is 12.3. The second-order valence-corrected chi connectivity index (χ2v) is 4.44. The van der Waals surface area contributed by atoms with E-state index in [-0.39, 0.29) is 5.91 Å². The van der Waals surface area contributed by atoms with Gasteiger partial charge in [0.05, 0.1) is 12.7 Å². The Balaban J connectivity index is 2.07. The predicted molar refractivity (Wildman–Crippen MR) is 65.1 cm³/mol. The van der Waals surface area contributed by atoms with Crippen LogP contribution in [0.1, 0.15) is 36.0 Å². The zero-order valence-corrected chi connectivity index (χ0v) is 10.3. The van der Waals surface area contributed by atoms with Crippen molar-refractivity contribution in [2.24, 2.45) is 0 Å². The van der Waals surface area contributed by atoms with Crippen LogP contribution in [-0.4, -0.2) is 36.0 Å². The Hall–Kier alpha value is -1.58. The summed E-state index contributed by atoms with van der Waals surface area (Å²) in [5, 5.41) is 0. The maximum absolute atomic E-state index is 12.2. The van der Waals surface area contributed by atoms with Crippen LogP contribution in [0.5, 0.6) is 5.88 Å². The normalized spacial score (nSPS) is 15.9. The highest BCUT2D eigenvalue weighted by molar-refractivity contribution is 5.94. The molecule has 1 saturated carbocycles. The number of nitrogens with zero attached hydrogens (tertiary/aromatic N) is 2. The van der Waals surface area contributed by atoms with E-state index in [1.165, 1.54) is 12.8 Å². The molecule has 92 valence electrons. The molecular formula is C13H18N2O2. The van der Waals surface area contributed by atoms with E-state index in [0.717, 1.165) is 12.8 Å². The van der Waals surface area contributed by atoms with Gasteiger partial charge in [-0.05, 0) is 18.9 Å². The van der Waals surface area contributed by atoms with E-state index in [1.807, 2.05) is 11.9 Å². The number of methoxy groups -OCH3 is 1. The number of carbonyl (C=O) groups is 1. The second kappa shape index (κ2) is 5.17. The van der Waals surface area contributed by atoms with Crippen LogP contribution < -0.4 is 4.74 Å². The third kappa shape index (κ3) is 2.57. The Morgan fingerprint density at radius 1 is 1.41 bits per heavy atom. The molecule has 2 rings (SSSR count). The average Bonchev–Trinajstić information content (AvgIpc) is 2.91. The lowest BCUT2D eigenvalue weighted by molar-refractivity contribution is 0.0734. The topological polar surface area (TPSA) is 42.4 Å². The van der Waals surface area contributed by atoms with Crippen LogP contribution in [0.4, 0.5) is 0 Å². The molecule has 1 aromatic rings. The van der Waals surface area contributed by atoms with Crippen molar-refractivity contribution in [2.45, 2.75) is 31.7 Å². The fourth-order valence-corrected chi connectivity index (χ4v) is 2.29. The zero-order valence-electron chi connectivity index (χ0n) is 10.3.